The van der Waals surface area contributed by atoms with E-state index < -0.39 is 0 Å². The van der Waals surface area contributed by atoms with Crippen LogP contribution in [0.25, 0.3) is 10.9 Å². The number of anilines is 1. The molecular formula is C24H26FN3. The van der Waals surface area contributed by atoms with E-state index >= 15 is 0 Å². The number of pyridine rings is 1. The normalized spacial score (nSPS) is 19.1. The molecule has 2 fully saturated rings. The lowest BCUT2D eigenvalue weighted by Gasteiger charge is -2.53. The van der Waals surface area contributed by atoms with Gasteiger partial charge in [-0.2, -0.15) is 0 Å². The van der Waals surface area contributed by atoms with Gasteiger partial charge in [0.05, 0.1) is 5.52 Å². The summed E-state index contributed by atoms with van der Waals surface area (Å²) in [6, 6.07) is 18.2. The van der Waals surface area contributed by atoms with E-state index in [1.54, 1.807) is 12.1 Å². The van der Waals surface area contributed by atoms with Crippen molar-refractivity contribution in [2.75, 3.05) is 18.0 Å². The third kappa shape index (κ3) is 3.37. The molecule has 0 atom stereocenters. The van der Waals surface area contributed by atoms with Gasteiger partial charge >= 0.3 is 0 Å². The van der Waals surface area contributed by atoms with Crippen molar-refractivity contribution in [1.29, 1.82) is 0 Å². The molecule has 1 saturated heterocycles. The van der Waals surface area contributed by atoms with Crippen molar-refractivity contribution >= 4 is 16.6 Å². The summed E-state index contributed by atoms with van der Waals surface area (Å²) < 4.78 is 13.8. The smallest absolute Gasteiger partial charge is 0.124 e. The van der Waals surface area contributed by atoms with Gasteiger partial charge in [-0.3, -0.25) is 4.98 Å². The summed E-state index contributed by atoms with van der Waals surface area (Å²) in [5.41, 5.74) is 3.85. The zero-order valence-corrected chi connectivity index (χ0v) is 16.1. The van der Waals surface area contributed by atoms with Gasteiger partial charge in [0.25, 0.3) is 0 Å². The highest BCUT2D eigenvalue weighted by Gasteiger charge is 2.45. The van der Waals surface area contributed by atoms with Crippen molar-refractivity contribution in [1.82, 2.24) is 10.3 Å². The van der Waals surface area contributed by atoms with Crippen LogP contribution in [0.1, 0.15) is 31.2 Å². The topological polar surface area (TPSA) is 28.2 Å². The first-order valence-corrected chi connectivity index (χ1v) is 10.3. The molecule has 0 radical (unpaired) electrons. The van der Waals surface area contributed by atoms with Crippen LogP contribution in [0.2, 0.25) is 0 Å². The van der Waals surface area contributed by atoms with Crippen molar-refractivity contribution in [3.8, 4) is 0 Å². The van der Waals surface area contributed by atoms with Crippen molar-refractivity contribution in [3.63, 3.8) is 0 Å². The first-order valence-electron chi connectivity index (χ1n) is 10.3. The minimum Gasteiger partial charge on any atom is -0.371 e. The summed E-state index contributed by atoms with van der Waals surface area (Å²) in [7, 11) is 0. The highest BCUT2D eigenvalue weighted by atomic mass is 19.1. The Bertz CT molecular complexity index is 956. The zero-order chi connectivity index (χ0) is 19.0. The molecule has 1 saturated carbocycles. The number of hydrogen-bond acceptors (Lipinski definition) is 3. The van der Waals surface area contributed by atoms with E-state index in [0.29, 0.717) is 11.5 Å². The standard InChI is InChI=1S/C24H26FN3/c25-19-6-7-22-21(14-19)23(8-11-26-22)28-12-9-24(10-13-28)15-20(16-24)27-17-18-4-2-1-3-5-18/h1-8,11,14,20,27H,9-10,12-13,15-17H2. The molecule has 1 aliphatic heterocycles. The number of piperidine rings is 1. The van der Waals surface area contributed by atoms with Gasteiger partial charge in [0.1, 0.15) is 5.82 Å². The molecule has 2 heterocycles. The van der Waals surface area contributed by atoms with E-state index in [0.717, 1.165) is 36.2 Å². The maximum atomic E-state index is 13.8. The number of rotatable bonds is 4. The Balaban J connectivity index is 1.19. The second-order valence-electron chi connectivity index (χ2n) is 8.45. The van der Waals surface area contributed by atoms with Gasteiger partial charge in [-0.1, -0.05) is 30.3 Å². The third-order valence-corrected chi connectivity index (χ3v) is 6.64. The summed E-state index contributed by atoms with van der Waals surface area (Å²) in [4.78, 5) is 6.80. The fourth-order valence-electron chi connectivity index (χ4n) is 5.00. The predicted molar refractivity (Wildman–Crippen MR) is 112 cm³/mol. The summed E-state index contributed by atoms with van der Waals surface area (Å²) in [5, 5.41) is 4.64. The Morgan fingerprint density at radius 2 is 1.82 bits per heavy atom. The largest absolute Gasteiger partial charge is 0.371 e. The number of aromatic nitrogens is 1. The van der Waals surface area contributed by atoms with Crippen LogP contribution in [0, 0.1) is 11.2 Å². The molecule has 0 unspecified atom stereocenters. The third-order valence-electron chi connectivity index (χ3n) is 6.64. The summed E-state index contributed by atoms with van der Waals surface area (Å²) in [6.45, 7) is 3.05. The predicted octanol–water partition coefficient (Wildman–Crippen LogP) is 4.91. The molecule has 4 heteroatoms. The lowest BCUT2D eigenvalue weighted by molar-refractivity contribution is 0.0521. The molecule has 1 aliphatic carbocycles. The highest BCUT2D eigenvalue weighted by Crippen LogP contribution is 2.49. The molecule has 5 rings (SSSR count). The van der Waals surface area contributed by atoms with E-state index in [9.17, 15) is 4.39 Å². The van der Waals surface area contributed by atoms with E-state index in [4.69, 9.17) is 0 Å². The van der Waals surface area contributed by atoms with Crippen LogP contribution in [0.5, 0.6) is 0 Å². The average Bonchev–Trinajstić information content (AvgIpc) is 2.71. The number of hydrogen-bond donors (Lipinski definition) is 1. The van der Waals surface area contributed by atoms with Crippen LogP contribution < -0.4 is 10.2 Å². The molecule has 0 amide bonds. The lowest BCUT2D eigenvalue weighted by Crippen LogP contribution is -2.53. The second-order valence-corrected chi connectivity index (χ2v) is 8.45. The maximum Gasteiger partial charge on any atom is 0.124 e. The Hall–Kier alpha value is -2.46. The SMILES string of the molecule is Fc1ccc2nccc(N3CCC4(CC3)CC(NCc3ccccc3)C4)c2c1. The van der Waals surface area contributed by atoms with E-state index in [-0.39, 0.29) is 5.82 Å². The van der Waals surface area contributed by atoms with Crippen LogP contribution in [0.4, 0.5) is 10.1 Å². The zero-order valence-electron chi connectivity index (χ0n) is 16.1. The molecule has 144 valence electrons. The molecule has 1 N–H and O–H groups in total. The minimum atomic E-state index is -0.193. The average molecular weight is 375 g/mol. The van der Waals surface area contributed by atoms with Gasteiger partial charge < -0.3 is 10.2 Å². The van der Waals surface area contributed by atoms with Crippen molar-refractivity contribution in [2.24, 2.45) is 5.41 Å². The molecular weight excluding hydrogens is 349 g/mol. The van der Waals surface area contributed by atoms with Gasteiger partial charge in [0, 0.05) is 42.9 Å². The Morgan fingerprint density at radius 1 is 1.04 bits per heavy atom. The number of fused-ring (bicyclic) bond motifs is 1. The summed E-state index contributed by atoms with van der Waals surface area (Å²) in [5.74, 6) is -0.193. The molecule has 1 spiro atoms. The van der Waals surface area contributed by atoms with Gasteiger partial charge in [0.2, 0.25) is 0 Å². The molecule has 1 aromatic heterocycles. The molecule has 2 aliphatic rings. The Morgan fingerprint density at radius 3 is 2.61 bits per heavy atom. The van der Waals surface area contributed by atoms with Gasteiger partial charge in [0.15, 0.2) is 0 Å². The van der Waals surface area contributed by atoms with Gasteiger partial charge in [-0.05, 0) is 60.9 Å². The number of halogens is 1. The number of benzene rings is 2. The molecule has 28 heavy (non-hydrogen) atoms. The Labute approximate surface area is 165 Å². The fraction of sp³-hybridized carbons (Fsp3) is 0.375. The summed E-state index contributed by atoms with van der Waals surface area (Å²) in [6.07, 6.45) is 6.83. The lowest BCUT2D eigenvalue weighted by atomic mass is 9.60. The maximum absolute atomic E-state index is 13.8. The van der Waals surface area contributed by atoms with E-state index in [2.05, 4.69) is 45.5 Å². The Kier molecular flexibility index (Phi) is 4.52. The van der Waals surface area contributed by atoms with E-state index in [1.807, 2.05) is 12.3 Å². The number of nitrogens with zero attached hydrogens (tertiary/aromatic N) is 2. The van der Waals surface area contributed by atoms with Crippen LogP contribution in [0.15, 0.2) is 60.8 Å². The van der Waals surface area contributed by atoms with Crippen LogP contribution in [-0.2, 0) is 6.54 Å². The minimum absolute atomic E-state index is 0.193. The quantitative estimate of drug-likeness (QED) is 0.702. The first kappa shape index (κ1) is 17.6. The van der Waals surface area contributed by atoms with Crippen molar-refractivity contribution in [2.45, 2.75) is 38.3 Å². The number of nitrogens with one attached hydrogen (secondary N) is 1. The monoisotopic (exact) mass is 375 g/mol. The van der Waals surface area contributed by atoms with Gasteiger partial charge in [-0.15, -0.1) is 0 Å². The molecule has 0 bridgehead atoms. The molecule has 2 aromatic carbocycles. The van der Waals surface area contributed by atoms with E-state index in [1.165, 1.54) is 37.3 Å². The molecule has 3 nitrogen and oxygen atoms in total. The van der Waals surface area contributed by atoms with Crippen LogP contribution >= 0.6 is 0 Å². The fourth-order valence-corrected chi connectivity index (χ4v) is 5.00. The van der Waals surface area contributed by atoms with Gasteiger partial charge in [-0.25, -0.2) is 4.39 Å². The molecule has 3 aromatic rings. The second kappa shape index (κ2) is 7.17. The van der Waals surface area contributed by atoms with Crippen LogP contribution in [0.3, 0.4) is 0 Å². The van der Waals surface area contributed by atoms with Crippen molar-refractivity contribution in [3.05, 3.63) is 72.2 Å². The summed E-state index contributed by atoms with van der Waals surface area (Å²) >= 11 is 0. The van der Waals surface area contributed by atoms with Crippen LogP contribution in [-0.4, -0.2) is 24.1 Å². The highest BCUT2D eigenvalue weighted by molar-refractivity contribution is 5.91. The van der Waals surface area contributed by atoms with Crippen molar-refractivity contribution < 1.29 is 4.39 Å². The first-order chi connectivity index (χ1) is 13.7.